The van der Waals surface area contributed by atoms with Crippen LogP contribution in [0.15, 0.2) is 0 Å². The number of aliphatic hydroxyl groups is 1. The van der Waals surface area contributed by atoms with Gasteiger partial charge >= 0.3 is 0 Å². The Hall–Kier alpha value is -0.343. The van der Waals surface area contributed by atoms with E-state index in [0.717, 1.165) is 0 Å². The van der Waals surface area contributed by atoms with Crippen molar-refractivity contribution >= 4 is 8.07 Å². The maximum atomic E-state index is 9.54. The second-order valence-corrected chi connectivity index (χ2v) is 9.26. The van der Waals surface area contributed by atoms with Crippen molar-refractivity contribution in [2.24, 2.45) is 0 Å². The lowest BCUT2D eigenvalue weighted by Crippen LogP contribution is -2.17. The molecule has 0 aromatic heterocycles. The number of aliphatic hydroxyl groups excluding tert-OH is 1. The molecule has 0 saturated heterocycles. The summed E-state index contributed by atoms with van der Waals surface area (Å²) in [6.07, 6.45) is 0.773. The van der Waals surface area contributed by atoms with Gasteiger partial charge in [-0.1, -0.05) is 19.6 Å². The van der Waals surface area contributed by atoms with Gasteiger partial charge in [-0.05, 0) is 6.42 Å². The van der Waals surface area contributed by atoms with Gasteiger partial charge in [0, 0.05) is 13.5 Å². The summed E-state index contributed by atoms with van der Waals surface area (Å²) in [5, 5.41) is 9.54. The van der Waals surface area contributed by atoms with Crippen molar-refractivity contribution in [3.05, 3.63) is 0 Å². The maximum Gasteiger partial charge on any atom is 0.146 e. The first kappa shape index (κ1) is 14.7. The fourth-order valence-corrected chi connectivity index (χ4v) is 1.53. The number of methoxy groups -OCH3 is 1. The Morgan fingerprint density at radius 2 is 2.00 bits per heavy atom. The van der Waals surface area contributed by atoms with Gasteiger partial charge in [0.2, 0.25) is 0 Å². The van der Waals surface area contributed by atoms with Crippen LogP contribution in [0.1, 0.15) is 12.8 Å². The van der Waals surface area contributed by atoms with Gasteiger partial charge in [0.05, 0.1) is 12.7 Å². The molecule has 0 amide bonds. The largest absolute Gasteiger partial charge is 0.392 e. The smallest absolute Gasteiger partial charge is 0.146 e. The van der Waals surface area contributed by atoms with Gasteiger partial charge in [0.1, 0.15) is 14.9 Å². The van der Waals surface area contributed by atoms with E-state index in [4.69, 9.17) is 9.47 Å². The van der Waals surface area contributed by atoms with Crippen LogP contribution in [0.2, 0.25) is 19.6 Å². The lowest BCUT2D eigenvalue weighted by atomic mass is 10.2. The van der Waals surface area contributed by atoms with Crippen LogP contribution in [0.4, 0.5) is 0 Å². The average molecular weight is 230 g/mol. The molecule has 4 heteroatoms. The van der Waals surface area contributed by atoms with Crippen LogP contribution in [0.5, 0.6) is 0 Å². The summed E-state index contributed by atoms with van der Waals surface area (Å²) >= 11 is 0. The van der Waals surface area contributed by atoms with Gasteiger partial charge in [0.25, 0.3) is 0 Å². The van der Waals surface area contributed by atoms with Crippen molar-refractivity contribution in [1.82, 2.24) is 0 Å². The van der Waals surface area contributed by atoms with E-state index in [1.807, 2.05) is 0 Å². The Kier molecular flexibility index (Phi) is 7.70. The van der Waals surface area contributed by atoms with Gasteiger partial charge in [0.15, 0.2) is 0 Å². The molecule has 3 nitrogen and oxygen atoms in total. The molecule has 1 N–H and O–H groups in total. The molecular weight excluding hydrogens is 208 g/mol. The quantitative estimate of drug-likeness (QED) is 0.326. The van der Waals surface area contributed by atoms with Crippen molar-refractivity contribution in [2.45, 2.75) is 38.6 Å². The van der Waals surface area contributed by atoms with E-state index in [2.05, 4.69) is 31.1 Å². The Balaban J connectivity index is 3.56. The molecule has 0 aromatic rings. The third-order valence-corrected chi connectivity index (χ3v) is 2.52. The third kappa shape index (κ3) is 11.6. The van der Waals surface area contributed by atoms with Crippen LogP contribution < -0.4 is 0 Å². The standard InChI is InChI=1S/C11H22O3Si/c1-13-10-14-8-7-11(12)6-5-9-15(2,3)4/h11-12H,6-8,10H2,1-4H3/t11-/m1/s1. The molecule has 0 aromatic carbocycles. The predicted molar refractivity (Wildman–Crippen MR) is 64.2 cm³/mol. The topological polar surface area (TPSA) is 38.7 Å². The van der Waals surface area contributed by atoms with Gasteiger partial charge < -0.3 is 14.6 Å². The molecule has 0 rings (SSSR count). The third-order valence-electron chi connectivity index (χ3n) is 1.60. The van der Waals surface area contributed by atoms with Crippen LogP contribution >= 0.6 is 0 Å². The second kappa shape index (κ2) is 7.89. The molecule has 15 heavy (non-hydrogen) atoms. The zero-order chi connectivity index (χ0) is 11.7. The predicted octanol–water partition coefficient (Wildman–Crippen LogP) is 1.63. The van der Waals surface area contributed by atoms with Crippen LogP contribution in [0.25, 0.3) is 0 Å². The SMILES string of the molecule is COCOCC[C@H](O)CC#C[Si](C)(C)C. The number of ether oxygens (including phenoxy) is 2. The lowest BCUT2D eigenvalue weighted by Gasteiger charge is -2.08. The highest BCUT2D eigenvalue weighted by Crippen LogP contribution is 2.00. The first-order valence-electron chi connectivity index (χ1n) is 5.20. The molecule has 0 aliphatic heterocycles. The van der Waals surface area contributed by atoms with Crippen LogP contribution in [0.3, 0.4) is 0 Å². The van der Waals surface area contributed by atoms with E-state index in [1.165, 1.54) is 0 Å². The van der Waals surface area contributed by atoms with E-state index in [-0.39, 0.29) is 12.9 Å². The van der Waals surface area contributed by atoms with E-state index in [1.54, 1.807) is 7.11 Å². The highest BCUT2D eigenvalue weighted by Gasteiger charge is 2.08. The Morgan fingerprint density at radius 3 is 2.53 bits per heavy atom. The molecule has 88 valence electrons. The molecule has 0 unspecified atom stereocenters. The zero-order valence-electron chi connectivity index (χ0n) is 10.2. The van der Waals surface area contributed by atoms with Gasteiger partial charge in [-0.2, -0.15) is 0 Å². The van der Waals surface area contributed by atoms with E-state index in [9.17, 15) is 5.11 Å². The van der Waals surface area contributed by atoms with E-state index >= 15 is 0 Å². The van der Waals surface area contributed by atoms with Gasteiger partial charge in [-0.25, -0.2) is 0 Å². The highest BCUT2D eigenvalue weighted by atomic mass is 28.3. The van der Waals surface area contributed by atoms with Gasteiger partial charge in [-0.15, -0.1) is 11.5 Å². The highest BCUT2D eigenvalue weighted by molar-refractivity contribution is 6.83. The lowest BCUT2D eigenvalue weighted by molar-refractivity contribution is -0.0393. The van der Waals surface area contributed by atoms with Crippen molar-refractivity contribution in [1.29, 1.82) is 0 Å². The molecule has 0 spiro atoms. The molecule has 1 atom stereocenters. The van der Waals surface area contributed by atoms with Crippen molar-refractivity contribution in [3.63, 3.8) is 0 Å². The van der Waals surface area contributed by atoms with Crippen molar-refractivity contribution < 1.29 is 14.6 Å². The minimum absolute atomic E-state index is 0.285. The Morgan fingerprint density at radius 1 is 1.33 bits per heavy atom. The molecule has 0 bridgehead atoms. The molecule has 0 radical (unpaired) electrons. The summed E-state index contributed by atoms with van der Waals surface area (Å²) in [7, 11) is 0.288. The van der Waals surface area contributed by atoms with Crippen molar-refractivity contribution in [3.8, 4) is 11.5 Å². The summed E-state index contributed by atoms with van der Waals surface area (Å²) in [6.45, 7) is 7.37. The van der Waals surface area contributed by atoms with Crippen molar-refractivity contribution in [2.75, 3.05) is 20.5 Å². The maximum absolute atomic E-state index is 9.54. The monoisotopic (exact) mass is 230 g/mol. The molecule has 0 heterocycles. The van der Waals surface area contributed by atoms with Crippen LogP contribution in [-0.2, 0) is 9.47 Å². The zero-order valence-corrected chi connectivity index (χ0v) is 11.2. The first-order valence-corrected chi connectivity index (χ1v) is 8.70. The fourth-order valence-electron chi connectivity index (χ4n) is 0.898. The van der Waals surface area contributed by atoms with Gasteiger partial charge in [-0.3, -0.25) is 0 Å². The average Bonchev–Trinajstić information content (AvgIpc) is 2.10. The normalized spacial score (nSPS) is 13.1. The summed E-state index contributed by atoms with van der Waals surface area (Å²) in [4.78, 5) is 0. The molecule has 0 fully saturated rings. The molecule has 0 aliphatic carbocycles. The summed E-state index contributed by atoms with van der Waals surface area (Å²) < 4.78 is 9.80. The second-order valence-electron chi connectivity index (χ2n) is 4.51. The summed E-state index contributed by atoms with van der Waals surface area (Å²) in [6, 6.07) is 0. The minimum Gasteiger partial charge on any atom is -0.392 e. The first-order chi connectivity index (χ1) is 6.95. The summed E-state index contributed by atoms with van der Waals surface area (Å²) in [5.74, 6) is 3.04. The fraction of sp³-hybridized carbons (Fsp3) is 0.818. The number of rotatable bonds is 6. The molecule has 0 saturated carbocycles. The molecule has 0 aliphatic rings. The Labute approximate surface area is 93.8 Å². The van der Waals surface area contributed by atoms with Crippen LogP contribution in [0, 0.1) is 11.5 Å². The Bertz CT molecular complexity index is 212. The number of hydrogen-bond acceptors (Lipinski definition) is 3. The van der Waals surface area contributed by atoms with E-state index in [0.29, 0.717) is 19.4 Å². The number of hydrogen-bond donors (Lipinski definition) is 1. The molecular formula is C11H22O3Si. The van der Waals surface area contributed by atoms with E-state index < -0.39 is 8.07 Å². The van der Waals surface area contributed by atoms with Crippen LogP contribution in [-0.4, -0.2) is 39.8 Å². The minimum atomic E-state index is -1.29. The summed E-state index contributed by atoms with van der Waals surface area (Å²) in [5.41, 5.74) is 3.22.